The molecule has 1 fully saturated rings. The van der Waals surface area contributed by atoms with Gasteiger partial charge in [-0.05, 0) is 53.6 Å². The Bertz CT molecular complexity index is 323. The smallest absolute Gasteiger partial charge is 0.246 e. The highest BCUT2D eigenvalue weighted by molar-refractivity contribution is 5.77. The third-order valence-corrected chi connectivity index (χ3v) is 4.27. The van der Waals surface area contributed by atoms with E-state index < -0.39 is 0 Å². The Labute approximate surface area is 124 Å². The number of rotatable bonds is 5. The van der Waals surface area contributed by atoms with Gasteiger partial charge in [0.1, 0.15) is 6.61 Å². The molecule has 1 amide bonds. The van der Waals surface area contributed by atoms with Gasteiger partial charge >= 0.3 is 0 Å². The molecule has 1 N–H and O–H groups in total. The van der Waals surface area contributed by atoms with E-state index >= 15 is 0 Å². The van der Waals surface area contributed by atoms with Crippen molar-refractivity contribution in [2.75, 3.05) is 27.2 Å². The minimum atomic E-state index is -0.268. The highest BCUT2D eigenvalue weighted by atomic mass is 16.5. The van der Waals surface area contributed by atoms with Crippen LogP contribution in [0, 0.1) is 5.92 Å². The van der Waals surface area contributed by atoms with E-state index in [4.69, 9.17) is 4.74 Å². The molecule has 4 heteroatoms. The minimum absolute atomic E-state index is 0.0145. The van der Waals surface area contributed by atoms with Crippen LogP contribution in [0.5, 0.6) is 0 Å². The first-order valence-electron chi connectivity index (χ1n) is 7.73. The number of ether oxygens (including phenoxy) is 1. The molecule has 0 aromatic heterocycles. The standard InChI is InChI=1S/C16H32N2O2/c1-13-8-7-9-16(10-13,18(5)6)12-17-14(19)11-20-15(2,3)4/h13H,7-12H2,1-6H3,(H,17,19). The lowest BCUT2D eigenvalue weighted by Crippen LogP contribution is -2.55. The maximum atomic E-state index is 11.9. The van der Waals surface area contributed by atoms with Crippen LogP contribution in [-0.2, 0) is 9.53 Å². The lowest BCUT2D eigenvalue weighted by Gasteiger charge is -2.45. The molecule has 0 spiro atoms. The van der Waals surface area contributed by atoms with Gasteiger partial charge in [0, 0.05) is 12.1 Å². The van der Waals surface area contributed by atoms with Crippen LogP contribution in [0.2, 0.25) is 0 Å². The summed E-state index contributed by atoms with van der Waals surface area (Å²) in [5.74, 6) is 0.716. The van der Waals surface area contributed by atoms with Crippen molar-refractivity contribution in [3.8, 4) is 0 Å². The van der Waals surface area contributed by atoms with Crippen molar-refractivity contribution in [1.82, 2.24) is 10.2 Å². The van der Waals surface area contributed by atoms with E-state index in [0.717, 1.165) is 25.3 Å². The Morgan fingerprint density at radius 2 is 2.05 bits per heavy atom. The largest absolute Gasteiger partial charge is 0.366 e. The summed E-state index contributed by atoms with van der Waals surface area (Å²) < 4.78 is 5.52. The number of hydrogen-bond donors (Lipinski definition) is 1. The Hall–Kier alpha value is -0.610. The second-order valence-electron chi connectivity index (χ2n) is 7.50. The lowest BCUT2D eigenvalue weighted by molar-refractivity contribution is -0.131. The zero-order valence-corrected chi connectivity index (χ0v) is 14.1. The van der Waals surface area contributed by atoms with Crippen LogP contribution in [0.25, 0.3) is 0 Å². The van der Waals surface area contributed by atoms with Crippen molar-refractivity contribution in [2.24, 2.45) is 5.92 Å². The van der Waals surface area contributed by atoms with Gasteiger partial charge in [-0.1, -0.05) is 19.8 Å². The number of amides is 1. The SMILES string of the molecule is CC1CCCC(CNC(=O)COC(C)(C)C)(N(C)C)C1. The predicted octanol–water partition coefficient (Wildman–Crippen LogP) is 2.43. The van der Waals surface area contributed by atoms with Gasteiger partial charge in [0.25, 0.3) is 0 Å². The van der Waals surface area contributed by atoms with Crippen LogP contribution in [0.15, 0.2) is 0 Å². The molecule has 0 aromatic carbocycles. The van der Waals surface area contributed by atoms with Crippen molar-refractivity contribution in [1.29, 1.82) is 0 Å². The van der Waals surface area contributed by atoms with E-state index in [1.165, 1.54) is 12.8 Å². The quantitative estimate of drug-likeness (QED) is 0.843. The van der Waals surface area contributed by atoms with E-state index in [-0.39, 0.29) is 23.7 Å². The number of carbonyl (C=O) groups excluding carboxylic acids is 1. The number of hydrogen-bond acceptors (Lipinski definition) is 3. The van der Waals surface area contributed by atoms with Crippen molar-refractivity contribution < 1.29 is 9.53 Å². The van der Waals surface area contributed by atoms with E-state index in [2.05, 4.69) is 31.2 Å². The average Bonchev–Trinajstić information content (AvgIpc) is 2.33. The molecule has 0 heterocycles. The molecule has 118 valence electrons. The molecule has 1 aliphatic carbocycles. The van der Waals surface area contributed by atoms with E-state index in [0.29, 0.717) is 0 Å². The van der Waals surface area contributed by atoms with Gasteiger partial charge in [0.05, 0.1) is 5.60 Å². The number of likely N-dealkylation sites (N-methyl/N-ethyl adjacent to an activating group) is 1. The monoisotopic (exact) mass is 284 g/mol. The van der Waals surface area contributed by atoms with Gasteiger partial charge in [0.15, 0.2) is 0 Å². The maximum absolute atomic E-state index is 11.9. The predicted molar refractivity (Wildman–Crippen MR) is 82.8 cm³/mol. The Morgan fingerprint density at radius 1 is 1.40 bits per heavy atom. The van der Waals surface area contributed by atoms with Gasteiger partial charge in [-0.25, -0.2) is 0 Å². The molecule has 1 aliphatic rings. The van der Waals surface area contributed by atoms with Crippen LogP contribution in [0.4, 0.5) is 0 Å². The molecular formula is C16H32N2O2. The fourth-order valence-electron chi connectivity index (χ4n) is 2.95. The van der Waals surface area contributed by atoms with Crippen LogP contribution in [0.3, 0.4) is 0 Å². The molecule has 0 aromatic rings. The third-order valence-electron chi connectivity index (χ3n) is 4.27. The highest BCUT2D eigenvalue weighted by Crippen LogP contribution is 2.35. The van der Waals surface area contributed by atoms with Crippen molar-refractivity contribution in [2.45, 2.75) is 64.5 Å². The fourth-order valence-corrected chi connectivity index (χ4v) is 2.95. The number of nitrogens with zero attached hydrogens (tertiary/aromatic N) is 1. The first-order valence-corrected chi connectivity index (χ1v) is 7.73. The van der Waals surface area contributed by atoms with Gasteiger partial charge in [-0.15, -0.1) is 0 Å². The highest BCUT2D eigenvalue weighted by Gasteiger charge is 2.37. The van der Waals surface area contributed by atoms with Crippen molar-refractivity contribution in [3.63, 3.8) is 0 Å². The molecule has 1 rings (SSSR count). The van der Waals surface area contributed by atoms with Gasteiger partial charge in [-0.3, -0.25) is 4.79 Å². The van der Waals surface area contributed by atoms with Crippen molar-refractivity contribution >= 4 is 5.91 Å². The molecule has 0 bridgehead atoms. The van der Waals surface area contributed by atoms with Crippen molar-refractivity contribution in [3.05, 3.63) is 0 Å². The van der Waals surface area contributed by atoms with Crippen LogP contribution in [-0.4, -0.2) is 49.2 Å². The number of carbonyl (C=O) groups is 1. The summed E-state index contributed by atoms with van der Waals surface area (Å²) in [7, 11) is 4.24. The maximum Gasteiger partial charge on any atom is 0.246 e. The third kappa shape index (κ3) is 5.41. The lowest BCUT2D eigenvalue weighted by atomic mass is 9.75. The normalized spacial score (nSPS) is 27.6. The molecule has 4 nitrogen and oxygen atoms in total. The summed E-state index contributed by atoms with van der Waals surface area (Å²) in [6, 6.07) is 0. The first-order chi connectivity index (χ1) is 9.15. The fraction of sp³-hybridized carbons (Fsp3) is 0.938. The van der Waals surface area contributed by atoms with E-state index in [1.807, 2.05) is 20.8 Å². The zero-order valence-electron chi connectivity index (χ0n) is 14.1. The molecule has 2 atom stereocenters. The van der Waals surface area contributed by atoms with Crippen LogP contribution >= 0.6 is 0 Å². The molecule has 1 saturated carbocycles. The average molecular weight is 284 g/mol. The summed E-state index contributed by atoms with van der Waals surface area (Å²) in [6.45, 7) is 9.06. The topological polar surface area (TPSA) is 41.6 Å². The molecule has 0 aliphatic heterocycles. The van der Waals surface area contributed by atoms with Gasteiger partial charge in [0.2, 0.25) is 5.91 Å². The Kier molecular flexibility index (Phi) is 6.02. The van der Waals surface area contributed by atoms with E-state index in [9.17, 15) is 4.79 Å². The number of nitrogens with one attached hydrogen (secondary N) is 1. The second-order valence-corrected chi connectivity index (χ2v) is 7.50. The van der Waals surface area contributed by atoms with Crippen LogP contribution in [0.1, 0.15) is 53.4 Å². The molecular weight excluding hydrogens is 252 g/mol. The summed E-state index contributed by atoms with van der Waals surface area (Å²) in [5.41, 5.74) is -0.162. The summed E-state index contributed by atoms with van der Waals surface area (Å²) in [5, 5.41) is 3.06. The van der Waals surface area contributed by atoms with Gasteiger partial charge in [-0.2, -0.15) is 0 Å². The van der Waals surface area contributed by atoms with Crippen LogP contribution < -0.4 is 5.32 Å². The first kappa shape index (κ1) is 17.4. The summed E-state index contributed by atoms with van der Waals surface area (Å²) in [4.78, 5) is 14.2. The van der Waals surface area contributed by atoms with E-state index in [1.54, 1.807) is 0 Å². The summed E-state index contributed by atoms with van der Waals surface area (Å²) in [6.07, 6.45) is 4.86. The zero-order chi connectivity index (χ0) is 15.4. The van der Waals surface area contributed by atoms with Gasteiger partial charge < -0.3 is 15.0 Å². The second kappa shape index (κ2) is 6.90. The molecule has 0 radical (unpaired) electrons. The molecule has 20 heavy (non-hydrogen) atoms. The Morgan fingerprint density at radius 3 is 2.55 bits per heavy atom. The molecule has 0 saturated heterocycles. The summed E-state index contributed by atoms with van der Waals surface area (Å²) >= 11 is 0. The minimum Gasteiger partial charge on any atom is -0.366 e. The molecule has 2 unspecified atom stereocenters. The Balaban J connectivity index is 2.49.